The SMILES string of the molecule is N#C[C@@H]1CC(F)(F)CN1C(=O)CNC(=O)c1ccnc2c(NC(=O)CCC(=O)N[C@@H](CC(=O)O)C(=O)N[C@@H](CCCCN)C(=O)N[C@@H](CC(=O)O)C(=O)N[C@@H](CSC3CC(=O)N(CCNC(=O)CN4CCN(CC(=O)O)CCN(CC(=O)O)CCN(CC(=O)O)CC4)C3=O)C(=O)O)cccc12. The van der Waals surface area contributed by atoms with Crippen molar-refractivity contribution in [3.63, 3.8) is 0 Å². The van der Waals surface area contributed by atoms with E-state index in [9.17, 15) is 121 Å². The van der Waals surface area contributed by atoms with Gasteiger partial charge in [0.05, 0.1) is 80.2 Å². The van der Waals surface area contributed by atoms with E-state index < -0.39 is 207 Å². The summed E-state index contributed by atoms with van der Waals surface area (Å²) >= 11 is 0.639. The van der Waals surface area contributed by atoms with Crippen LogP contribution < -0.4 is 43.0 Å². The molecule has 6 atom stereocenters. The number of unbranched alkanes of at least 4 members (excludes halogenated alkanes) is 1. The summed E-state index contributed by atoms with van der Waals surface area (Å²) < 4.78 is 27.9. The van der Waals surface area contributed by atoms with Crippen LogP contribution in [0, 0.1) is 11.3 Å². The highest BCUT2D eigenvalue weighted by molar-refractivity contribution is 8.00. The molecule has 15 N–H and O–H groups in total. The molecule has 0 spiro atoms. The Morgan fingerprint density at radius 1 is 0.653 bits per heavy atom. The predicted molar refractivity (Wildman–Crippen MR) is 345 cm³/mol. The number of carboxylic acid groups (broad SMARTS) is 6. The second kappa shape index (κ2) is 39.6. The summed E-state index contributed by atoms with van der Waals surface area (Å²) in [5.74, 6) is -21.9. The molecule has 2 aromatic rings. The first-order valence-corrected chi connectivity index (χ1v) is 32.7. The lowest BCUT2D eigenvalue weighted by Gasteiger charge is -2.32. The fourth-order valence-corrected chi connectivity index (χ4v) is 12.0. The molecule has 41 heteroatoms. The molecule has 5 rings (SSSR count). The highest BCUT2D eigenvalue weighted by Crippen LogP contribution is 2.32. The topological polar surface area (TPSA) is 561 Å². The van der Waals surface area contributed by atoms with Crippen molar-refractivity contribution >= 4 is 123 Å². The Morgan fingerprint density at radius 3 is 1.71 bits per heavy atom. The van der Waals surface area contributed by atoms with Crippen LogP contribution in [0.4, 0.5) is 14.5 Å². The van der Waals surface area contributed by atoms with Crippen LogP contribution in [0.1, 0.15) is 68.1 Å². The molecule has 38 nitrogen and oxygen atoms in total. The van der Waals surface area contributed by atoms with Crippen molar-refractivity contribution in [3.05, 3.63) is 36.0 Å². The second-order valence-electron chi connectivity index (χ2n) is 23.7. The number of alkyl halides is 2. The Bertz CT molecular complexity index is 3450. The molecule has 3 aliphatic heterocycles. The van der Waals surface area contributed by atoms with E-state index in [1.807, 2.05) is 0 Å². The number of nitriles is 1. The second-order valence-corrected chi connectivity index (χ2v) is 24.9. The maximum Gasteiger partial charge on any atom is 0.327 e. The Morgan fingerprint density at radius 2 is 1.18 bits per heavy atom. The number of para-hydroxylation sites is 1. The van der Waals surface area contributed by atoms with E-state index in [1.165, 1.54) is 30.5 Å². The van der Waals surface area contributed by atoms with Crippen molar-refractivity contribution in [3.8, 4) is 6.07 Å². The minimum atomic E-state index is -3.29. The summed E-state index contributed by atoms with van der Waals surface area (Å²) in [5.41, 5.74) is 5.68. The fourth-order valence-electron chi connectivity index (χ4n) is 10.8. The average molecular weight is 1450 g/mol. The zero-order valence-electron chi connectivity index (χ0n) is 54.5. The van der Waals surface area contributed by atoms with Crippen LogP contribution in [0.5, 0.6) is 0 Å². The highest BCUT2D eigenvalue weighted by Gasteiger charge is 2.47. The van der Waals surface area contributed by atoms with E-state index >= 15 is 0 Å². The number of likely N-dealkylation sites (tertiary alicyclic amines) is 2. The Labute approximate surface area is 578 Å². The fraction of sp³-hybridized carbons (Fsp3) is 0.567. The number of aliphatic carboxylic acids is 6. The molecule has 3 saturated heterocycles. The van der Waals surface area contributed by atoms with Crippen molar-refractivity contribution < 1.29 is 116 Å². The number of halogens is 2. The summed E-state index contributed by atoms with van der Waals surface area (Å²) in [6.07, 6.45) is -3.58. The summed E-state index contributed by atoms with van der Waals surface area (Å²) in [6.45, 7) is -2.64. The third-order valence-electron chi connectivity index (χ3n) is 15.9. The molecular formula is C60H80F2N16O22S. The zero-order valence-corrected chi connectivity index (χ0v) is 55.3. The predicted octanol–water partition coefficient (Wildman–Crippen LogP) is -5.00. The van der Waals surface area contributed by atoms with Crippen molar-refractivity contribution in [2.24, 2.45) is 5.73 Å². The lowest BCUT2D eigenvalue weighted by atomic mass is 10.1. The van der Waals surface area contributed by atoms with Crippen LogP contribution in [0.15, 0.2) is 30.5 Å². The normalized spacial score (nSPS) is 18.2. The summed E-state index contributed by atoms with van der Waals surface area (Å²) in [4.78, 5) is 217. The Balaban J connectivity index is 1.14. The number of carboxylic acids is 6. The van der Waals surface area contributed by atoms with E-state index in [0.717, 1.165) is 4.90 Å². The van der Waals surface area contributed by atoms with Crippen molar-refractivity contribution in [1.29, 1.82) is 5.26 Å². The van der Waals surface area contributed by atoms with E-state index in [4.69, 9.17) is 5.73 Å². The van der Waals surface area contributed by atoms with Gasteiger partial charge in [-0.25, -0.2) is 13.6 Å². The zero-order chi connectivity index (χ0) is 74.7. The number of nitrogens with two attached hydrogens (primary N) is 1. The molecule has 3 fully saturated rings. The van der Waals surface area contributed by atoms with Gasteiger partial charge in [0.15, 0.2) is 0 Å². The van der Waals surface area contributed by atoms with E-state index in [0.29, 0.717) is 16.7 Å². The van der Waals surface area contributed by atoms with Gasteiger partial charge in [-0.2, -0.15) is 5.26 Å². The number of anilines is 1. The number of benzene rings is 1. The van der Waals surface area contributed by atoms with Gasteiger partial charge in [-0.05, 0) is 37.9 Å². The number of aromatic nitrogens is 1. The monoisotopic (exact) mass is 1450 g/mol. The highest BCUT2D eigenvalue weighted by atomic mass is 32.2. The van der Waals surface area contributed by atoms with Crippen molar-refractivity contribution in [1.82, 2.24) is 66.3 Å². The standard InChI is InChI=1S/C60H80F2N16O22S/c61-60(62)25-34(26-64)78(33-60)47(83)27-67-54(94)36-9-11-66-53-35(36)4-3-6-37(53)68-43(79)7-8-44(80)69-39(22-48(84)85)56(96)70-38(5-1-2-10-63)55(95)71-40(23-49(86)87)57(97)72-41(59(99)100)32-101-42-24-46(82)77(58(42)98)13-12-65-45(81)28-73-14-16-74(29-50(88)89)18-20-76(31-52(92)93)21-19-75(17-15-73)30-51(90)91/h3-4,6,9,11,34,38-42H,1-2,5,7-8,10,12-25,27-33,63H2,(H,65,81)(H,67,94)(H,68,79)(H,69,80)(H,70,96)(H,71,95)(H,72,97)(H,84,85)(H,86,87)(H,88,89)(H,90,91)(H,92,93)(H,99,100)/t34-,38-,39-,40-,41-,42?/m0/s1. The third kappa shape index (κ3) is 27.1. The number of nitrogens with zero attached hydrogens (tertiary/aromatic N) is 8. The first kappa shape index (κ1) is 81.5. The Kier molecular flexibility index (Phi) is 32.0. The van der Waals surface area contributed by atoms with Crippen LogP contribution in [-0.2, 0) is 71.9 Å². The van der Waals surface area contributed by atoms with Gasteiger partial charge in [0, 0.05) is 108 Å². The lowest BCUT2D eigenvalue weighted by molar-refractivity contribution is -0.143. The Hall–Kier alpha value is -10.2. The number of amides is 10. The van der Waals surface area contributed by atoms with Crippen LogP contribution >= 0.6 is 11.8 Å². The molecule has 10 amide bonds. The average Bonchev–Trinajstić information content (AvgIpc) is 1.11. The van der Waals surface area contributed by atoms with Crippen molar-refractivity contribution in [2.75, 3.05) is 122 Å². The van der Waals surface area contributed by atoms with Gasteiger partial charge >= 0.3 is 35.8 Å². The molecule has 3 aliphatic rings. The lowest BCUT2D eigenvalue weighted by Crippen LogP contribution is -2.58. The van der Waals surface area contributed by atoms with E-state index in [1.54, 1.807) is 25.7 Å². The number of rotatable bonds is 37. The number of pyridine rings is 1. The van der Waals surface area contributed by atoms with Gasteiger partial charge in [0.2, 0.25) is 53.2 Å². The molecule has 0 radical (unpaired) electrons. The van der Waals surface area contributed by atoms with Gasteiger partial charge in [0.25, 0.3) is 11.8 Å². The smallest absolute Gasteiger partial charge is 0.327 e. The van der Waals surface area contributed by atoms with Gasteiger partial charge < -0.3 is 78.5 Å². The number of thioether (sulfide) groups is 1. The molecule has 0 aliphatic carbocycles. The molecular weight excluding hydrogens is 1370 g/mol. The molecule has 4 heterocycles. The molecule has 101 heavy (non-hydrogen) atoms. The minimum absolute atomic E-state index is 0.0339. The molecule has 552 valence electrons. The number of carbonyl (C=O) groups excluding carboxylic acids is 10. The largest absolute Gasteiger partial charge is 0.481 e. The van der Waals surface area contributed by atoms with E-state index in [2.05, 4.69) is 42.2 Å². The number of fused-ring (bicyclic) bond motifs is 1. The van der Waals surface area contributed by atoms with E-state index in [-0.39, 0.29) is 126 Å². The summed E-state index contributed by atoms with van der Waals surface area (Å²) in [7, 11) is 0. The summed E-state index contributed by atoms with van der Waals surface area (Å²) in [6, 6.07) is -1.78. The van der Waals surface area contributed by atoms with Crippen molar-refractivity contribution in [2.45, 2.75) is 99.2 Å². The summed E-state index contributed by atoms with van der Waals surface area (Å²) in [5, 5.41) is 82.5. The van der Waals surface area contributed by atoms with Crippen LogP contribution in [0.25, 0.3) is 10.9 Å². The quantitative estimate of drug-likeness (QED) is 0.0222. The first-order chi connectivity index (χ1) is 47.8. The molecule has 1 aromatic carbocycles. The number of nitrogens with one attached hydrogen (secondary N) is 7. The minimum Gasteiger partial charge on any atom is -0.481 e. The maximum absolute atomic E-state index is 13.9. The van der Waals surface area contributed by atoms with Gasteiger partial charge in [-0.15, -0.1) is 11.8 Å². The first-order valence-electron chi connectivity index (χ1n) is 31.6. The van der Waals surface area contributed by atoms with Crippen LogP contribution in [0.2, 0.25) is 0 Å². The van der Waals surface area contributed by atoms with Gasteiger partial charge in [0.1, 0.15) is 30.2 Å². The number of hydrogen-bond acceptors (Lipinski definition) is 24. The number of carbonyl (C=O) groups is 16. The third-order valence-corrected chi connectivity index (χ3v) is 17.2. The van der Waals surface area contributed by atoms with Crippen LogP contribution in [-0.4, -0.2) is 318 Å². The number of imide groups is 1. The van der Waals surface area contributed by atoms with Gasteiger partial charge in [-0.3, -0.25) is 101 Å². The molecule has 1 unspecified atom stereocenters. The molecule has 0 bridgehead atoms. The maximum atomic E-state index is 13.9. The molecule has 0 saturated carbocycles. The number of hydrogen-bond donors (Lipinski definition) is 14. The van der Waals surface area contributed by atoms with Gasteiger partial charge in [-0.1, -0.05) is 12.1 Å². The van der Waals surface area contributed by atoms with Crippen LogP contribution in [0.3, 0.4) is 0 Å². The molecule has 1 aromatic heterocycles.